The molecule has 0 aromatic carbocycles. The average molecular weight is 255 g/mol. The second-order valence-electron chi connectivity index (χ2n) is 3.14. The molecule has 90 valence electrons. The number of hydrogen-bond donors (Lipinski definition) is 2. The fourth-order valence-electron chi connectivity index (χ4n) is 0.973. The Bertz CT molecular complexity index is 576. The van der Waals surface area contributed by atoms with E-state index in [-0.39, 0.29) is 11.3 Å². The molecule has 0 aliphatic rings. The summed E-state index contributed by atoms with van der Waals surface area (Å²) in [5, 5.41) is 16.1. The van der Waals surface area contributed by atoms with Crippen LogP contribution in [0.3, 0.4) is 0 Å². The highest BCUT2D eigenvalue weighted by Gasteiger charge is 2.22. The van der Waals surface area contributed by atoms with Crippen molar-refractivity contribution in [2.45, 2.75) is 12.2 Å². The fourth-order valence-corrected chi connectivity index (χ4v) is 1.76. The van der Waals surface area contributed by atoms with Crippen LogP contribution in [-0.2, 0) is 10.0 Å². The van der Waals surface area contributed by atoms with Gasteiger partial charge in [-0.2, -0.15) is 5.26 Å². The third-order valence-corrected chi connectivity index (χ3v) is 3.49. The maximum atomic E-state index is 11.6. The van der Waals surface area contributed by atoms with Crippen LogP contribution in [0.25, 0.3) is 0 Å². The minimum Gasteiger partial charge on any atom is -0.478 e. The van der Waals surface area contributed by atoms with Crippen LogP contribution in [0, 0.1) is 11.3 Å². The summed E-state index contributed by atoms with van der Waals surface area (Å²) in [4.78, 5) is 14.4. The Balaban J connectivity index is 3.13. The molecule has 1 heterocycles. The van der Waals surface area contributed by atoms with Gasteiger partial charge in [-0.1, -0.05) is 0 Å². The minimum atomic E-state index is -3.93. The molecule has 0 bridgehead atoms. The van der Waals surface area contributed by atoms with E-state index in [1.807, 2.05) is 4.72 Å². The van der Waals surface area contributed by atoms with E-state index in [0.717, 1.165) is 12.3 Å². The number of hydrogen-bond acceptors (Lipinski definition) is 5. The molecular formula is C9H9N3O4S. The van der Waals surface area contributed by atoms with Crippen molar-refractivity contribution in [2.24, 2.45) is 0 Å². The molecule has 0 fully saturated rings. The molecule has 17 heavy (non-hydrogen) atoms. The number of aromatic nitrogens is 1. The summed E-state index contributed by atoms with van der Waals surface area (Å²) < 4.78 is 25.1. The van der Waals surface area contributed by atoms with Gasteiger partial charge in [-0.25, -0.2) is 13.2 Å². The minimum absolute atomic E-state index is 0.165. The first kappa shape index (κ1) is 12.9. The van der Waals surface area contributed by atoms with E-state index in [0.29, 0.717) is 0 Å². The predicted molar refractivity (Wildman–Crippen MR) is 58.8 cm³/mol. The number of nitrogens with zero attached hydrogens (tertiary/aromatic N) is 2. The lowest BCUT2D eigenvalue weighted by Gasteiger charge is -2.10. The number of carbonyl (C=O) groups is 1. The lowest BCUT2D eigenvalue weighted by molar-refractivity contribution is 0.0698. The van der Waals surface area contributed by atoms with E-state index in [1.54, 1.807) is 6.07 Å². The molecule has 1 aromatic heterocycles. The van der Waals surface area contributed by atoms with Crippen LogP contribution in [0.2, 0.25) is 0 Å². The van der Waals surface area contributed by atoms with Crippen molar-refractivity contribution in [1.29, 1.82) is 5.26 Å². The SMILES string of the molecule is CC(C#N)S(=O)(=O)Nc1cnccc1C(=O)O. The van der Waals surface area contributed by atoms with Gasteiger partial charge in [0.15, 0.2) is 5.25 Å². The molecule has 1 atom stereocenters. The van der Waals surface area contributed by atoms with Gasteiger partial charge in [-0.05, 0) is 13.0 Å². The third kappa shape index (κ3) is 2.92. The highest BCUT2D eigenvalue weighted by Crippen LogP contribution is 2.16. The zero-order valence-corrected chi connectivity index (χ0v) is 9.60. The molecule has 8 heteroatoms. The summed E-state index contributed by atoms with van der Waals surface area (Å²) in [6, 6.07) is 2.72. The molecule has 7 nitrogen and oxygen atoms in total. The van der Waals surface area contributed by atoms with Crippen LogP contribution >= 0.6 is 0 Å². The first-order valence-corrected chi connectivity index (χ1v) is 6.01. The summed E-state index contributed by atoms with van der Waals surface area (Å²) in [7, 11) is -3.93. The third-order valence-electron chi connectivity index (χ3n) is 1.95. The monoisotopic (exact) mass is 255 g/mol. The first-order valence-electron chi connectivity index (χ1n) is 4.47. The van der Waals surface area contributed by atoms with Gasteiger partial charge in [0.1, 0.15) is 0 Å². The number of carboxylic acid groups (broad SMARTS) is 1. The lowest BCUT2D eigenvalue weighted by atomic mass is 10.2. The standard InChI is InChI=1S/C9H9N3O4S/c1-6(4-10)17(15,16)12-8-5-11-3-2-7(8)9(13)14/h2-3,5-6,12H,1H3,(H,13,14). The molecule has 0 saturated carbocycles. The highest BCUT2D eigenvalue weighted by molar-refractivity contribution is 7.93. The van der Waals surface area contributed by atoms with E-state index >= 15 is 0 Å². The Morgan fingerprint density at radius 3 is 2.82 bits per heavy atom. The normalized spacial score (nSPS) is 12.5. The van der Waals surface area contributed by atoms with Crippen LogP contribution in [0.1, 0.15) is 17.3 Å². The summed E-state index contributed by atoms with van der Waals surface area (Å²) in [6.45, 7) is 1.19. The maximum absolute atomic E-state index is 11.6. The molecule has 0 aliphatic carbocycles. The average Bonchev–Trinajstić information content (AvgIpc) is 2.27. The van der Waals surface area contributed by atoms with Crippen molar-refractivity contribution in [3.8, 4) is 6.07 Å². The molecule has 0 aliphatic heterocycles. The largest absolute Gasteiger partial charge is 0.478 e. The Labute approximate surface area is 97.8 Å². The second kappa shape index (κ2) is 4.80. The van der Waals surface area contributed by atoms with Gasteiger partial charge < -0.3 is 5.11 Å². The van der Waals surface area contributed by atoms with Crippen molar-refractivity contribution in [1.82, 2.24) is 4.98 Å². The number of nitrogens with one attached hydrogen (secondary N) is 1. The van der Waals surface area contributed by atoms with Crippen molar-refractivity contribution in [2.75, 3.05) is 4.72 Å². The van der Waals surface area contributed by atoms with Crippen LogP contribution in [0.5, 0.6) is 0 Å². The molecule has 0 saturated heterocycles. The number of sulfonamides is 1. The zero-order valence-electron chi connectivity index (χ0n) is 8.78. The van der Waals surface area contributed by atoms with E-state index in [4.69, 9.17) is 10.4 Å². The Kier molecular flexibility index (Phi) is 3.65. The van der Waals surface area contributed by atoms with Crippen molar-refractivity contribution in [3.05, 3.63) is 24.0 Å². The van der Waals surface area contributed by atoms with Crippen molar-refractivity contribution >= 4 is 21.7 Å². The number of aromatic carboxylic acids is 1. The van der Waals surface area contributed by atoms with Crippen LogP contribution in [0.15, 0.2) is 18.5 Å². The zero-order chi connectivity index (χ0) is 13.1. The van der Waals surface area contributed by atoms with Crippen LogP contribution in [-0.4, -0.2) is 29.7 Å². The van der Waals surface area contributed by atoms with Crippen LogP contribution in [0.4, 0.5) is 5.69 Å². The number of nitriles is 1. The van der Waals surface area contributed by atoms with Gasteiger partial charge in [0, 0.05) is 6.20 Å². The molecule has 0 amide bonds. The summed E-state index contributed by atoms with van der Waals surface area (Å²) >= 11 is 0. The topological polar surface area (TPSA) is 120 Å². The van der Waals surface area contributed by atoms with E-state index in [9.17, 15) is 13.2 Å². The van der Waals surface area contributed by atoms with E-state index < -0.39 is 21.2 Å². The molecule has 1 rings (SSSR count). The van der Waals surface area contributed by atoms with Gasteiger partial charge in [0.2, 0.25) is 10.0 Å². The summed E-state index contributed by atoms with van der Waals surface area (Å²) in [6.07, 6.45) is 2.31. The Morgan fingerprint density at radius 2 is 2.29 bits per heavy atom. The number of carboxylic acids is 1. The smallest absolute Gasteiger partial charge is 0.337 e. The quantitative estimate of drug-likeness (QED) is 0.805. The number of pyridine rings is 1. The van der Waals surface area contributed by atoms with Gasteiger partial charge in [-0.15, -0.1) is 0 Å². The van der Waals surface area contributed by atoms with Gasteiger partial charge in [-0.3, -0.25) is 9.71 Å². The van der Waals surface area contributed by atoms with E-state index in [1.165, 1.54) is 13.1 Å². The van der Waals surface area contributed by atoms with E-state index in [2.05, 4.69) is 4.98 Å². The van der Waals surface area contributed by atoms with Gasteiger partial charge in [0.25, 0.3) is 0 Å². The molecule has 0 spiro atoms. The maximum Gasteiger partial charge on any atom is 0.337 e. The predicted octanol–water partition coefficient (Wildman–Crippen LogP) is 0.434. The van der Waals surface area contributed by atoms with Crippen molar-refractivity contribution < 1.29 is 18.3 Å². The molecule has 2 N–H and O–H groups in total. The number of rotatable bonds is 4. The fraction of sp³-hybridized carbons (Fsp3) is 0.222. The Hall–Kier alpha value is -2.14. The summed E-state index contributed by atoms with van der Waals surface area (Å²) in [5.74, 6) is -1.28. The molecule has 0 radical (unpaired) electrons. The molecule has 1 aromatic rings. The van der Waals surface area contributed by atoms with Gasteiger partial charge in [0.05, 0.1) is 23.5 Å². The lowest BCUT2D eigenvalue weighted by Crippen LogP contribution is -2.25. The van der Waals surface area contributed by atoms with Crippen molar-refractivity contribution in [3.63, 3.8) is 0 Å². The molecular weight excluding hydrogens is 246 g/mol. The highest BCUT2D eigenvalue weighted by atomic mass is 32.2. The summed E-state index contributed by atoms with van der Waals surface area (Å²) in [5.41, 5.74) is -0.393. The Morgan fingerprint density at radius 1 is 1.65 bits per heavy atom. The number of anilines is 1. The molecule has 1 unspecified atom stereocenters. The van der Waals surface area contributed by atoms with Crippen LogP contribution < -0.4 is 4.72 Å². The second-order valence-corrected chi connectivity index (χ2v) is 5.15. The first-order chi connectivity index (χ1) is 7.88. The van der Waals surface area contributed by atoms with Gasteiger partial charge >= 0.3 is 5.97 Å².